The molecule has 1 unspecified atom stereocenters. The van der Waals surface area contributed by atoms with E-state index in [9.17, 15) is 8.78 Å². The van der Waals surface area contributed by atoms with Gasteiger partial charge in [0.2, 0.25) is 0 Å². The second-order valence-electron chi connectivity index (χ2n) is 4.36. The van der Waals surface area contributed by atoms with Crippen LogP contribution in [-0.2, 0) is 13.0 Å². The predicted octanol–water partition coefficient (Wildman–Crippen LogP) is 1.65. The molecular formula is C13H17F2N5O. The summed E-state index contributed by atoms with van der Waals surface area (Å²) < 4.78 is 30.3. The van der Waals surface area contributed by atoms with E-state index in [1.807, 2.05) is 6.92 Å². The number of hydrogen-bond donors (Lipinski definition) is 2. The first-order valence-electron chi connectivity index (χ1n) is 6.51. The van der Waals surface area contributed by atoms with Gasteiger partial charge in [-0.1, -0.05) is 12.1 Å². The number of rotatable bonds is 7. The van der Waals surface area contributed by atoms with Crippen LogP contribution in [0.2, 0.25) is 0 Å². The third-order valence-corrected chi connectivity index (χ3v) is 3.09. The Morgan fingerprint density at radius 3 is 2.62 bits per heavy atom. The van der Waals surface area contributed by atoms with E-state index in [0.717, 1.165) is 11.4 Å². The fourth-order valence-corrected chi connectivity index (χ4v) is 2.05. The van der Waals surface area contributed by atoms with E-state index < -0.39 is 6.61 Å². The van der Waals surface area contributed by atoms with Crippen LogP contribution >= 0.6 is 0 Å². The monoisotopic (exact) mass is 297 g/mol. The van der Waals surface area contributed by atoms with E-state index in [4.69, 9.17) is 5.84 Å². The van der Waals surface area contributed by atoms with Crippen molar-refractivity contribution in [3.05, 3.63) is 42.0 Å². The number of halogens is 2. The quantitative estimate of drug-likeness (QED) is 0.600. The fourth-order valence-electron chi connectivity index (χ4n) is 2.05. The second-order valence-corrected chi connectivity index (χ2v) is 4.36. The summed E-state index contributed by atoms with van der Waals surface area (Å²) in [4.78, 5) is 4.19. The Kier molecular flexibility index (Phi) is 5.18. The summed E-state index contributed by atoms with van der Waals surface area (Å²) in [5.41, 5.74) is 3.55. The lowest BCUT2D eigenvalue weighted by Crippen LogP contribution is -2.30. The van der Waals surface area contributed by atoms with Gasteiger partial charge in [-0.2, -0.15) is 13.9 Å². The highest BCUT2D eigenvalue weighted by Gasteiger charge is 2.15. The summed E-state index contributed by atoms with van der Waals surface area (Å²) in [7, 11) is 0. The van der Waals surface area contributed by atoms with Crippen molar-refractivity contribution in [2.45, 2.75) is 32.5 Å². The summed E-state index contributed by atoms with van der Waals surface area (Å²) in [6.07, 6.45) is 2.03. The van der Waals surface area contributed by atoms with E-state index in [0.29, 0.717) is 13.0 Å². The molecule has 0 saturated heterocycles. The van der Waals surface area contributed by atoms with Crippen LogP contribution in [0.15, 0.2) is 30.6 Å². The van der Waals surface area contributed by atoms with Gasteiger partial charge in [0, 0.05) is 13.0 Å². The fraction of sp³-hybridized carbons (Fsp3) is 0.385. The number of nitrogens with two attached hydrogens (primary N) is 1. The summed E-state index contributed by atoms with van der Waals surface area (Å²) in [6.45, 7) is -0.143. The van der Waals surface area contributed by atoms with Gasteiger partial charge in [-0.3, -0.25) is 16.0 Å². The molecule has 6 nitrogen and oxygen atoms in total. The molecule has 114 valence electrons. The Hall–Kier alpha value is -2.06. The molecular weight excluding hydrogens is 280 g/mol. The van der Waals surface area contributed by atoms with E-state index in [-0.39, 0.29) is 11.8 Å². The molecule has 0 aliphatic heterocycles. The van der Waals surface area contributed by atoms with Crippen LogP contribution in [0.25, 0.3) is 0 Å². The molecule has 0 radical (unpaired) electrons. The highest BCUT2D eigenvalue weighted by Crippen LogP contribution is 2.21. The second kappa shape index (κ2) is 7.09. The largest absolute Gasteiger partial charge is 0.435 e. The van der Waals surface area contributed by atoms with Crippen LogP contribution in [0.3, 0.4) is 0 Å². The zero-order valence-electron chi connectivity index (χ0n) is 11.5. The molecule has 0 aliphatic rings. The number of aryl methyl sites for hydroxylation is 1. The Morgan fingerprint density at radius 1 is 1.33 bits per heavy atom. The summed E-state index contributed by atoms with van der Waals surface area (Å²) >= 11 is 0. The predicted molar refractivity (Wildman–Crippen MR) is 72.5 cm³/mol. The standard InChI is InChI=1S/C13H17F2N5O/c1-2-20-12(17-8-18-20)7-11(19-16)9-3-5-10(6-4-9)21-13(14)15/h3-6,8,11,13,19H,2,7,16H2,1H3. The van der Waals surface area contributed by atoms with Crippen molar-refractivity contribution in [3.8, 4) is 5.75 Å². The maximum Gasteiger partial charge on any atom is 0.387 e. The summed E-state index contributed by atoms with van der Waals surface area (Å²) in [6, 6.07) is 6.15. The SMILES string of the molecule is CCn1ncnc1CC(NN)c1ccc(OC(F)F)cc1. The summed E-state index contributed by atoms with van der Waals surface area (Å²) in [5, 5.41) is 4.10. The normalized spacial score (nSPS) is 12.6. The molecule has 3 N–H and O–H groups in total. The van der Waals surface area contributed by atoms with Crippen molar-refractivity contribution < 1.29 is 13.5 Å². The molecule has 0 saturated carbocycles. The van der Waals surface area contributed by atoms with Gasteiger partial charge in [0.25, 0.3) is 0 Å². The molecule has 1 aromatic carbocycles. The smallest absolute Gasteiger partial charge is 0.387 e. The Bertz CT molecular complexity index is 558. The maximum absolute atomic E-state index is 12.1. The van der Waals surface area contributed by atoms with Crippen LogP contribution in [0.1, 0.15) is 24.4 Å². The first kappa shape index (κ1) is 15.3. The Morgan fingerprint density at radius 2 is 2.05 bits per heavy atom. The van der Waals surface area contributed by atoms with Crippen molar-refractivity contribution in [2.24, 2.45) is 5.84 Å². The van der Waals surface area contributed by atoms with Crippen molar-refractivity contribution in [2.75, 3.05) is 0 Å². The van der Waals surface area contributed by atoms with Gasteiger partial charge in [-0.05, 0) is 24.6 Å². The third kappa shape index (κ3) is 3.96. The van der Waals surface area contributed by atoms with E-state index >= 15 is 0 Å². The molecule has 0 fully saturated rings. The van der Waals surface area contributed by atoms with Gasteiger partial charge < -0.3 is 4.74 Å². The highest BCUT2D eigenvalue weighted by molar-refractivity contribution is 5.29. The number of ether oxygens (including phenoxy) is 1. The molecule has 0 bridgehead atoms. The minimum absolute atomic E-state index is 0.112. The molecule has 2 rings (SSSR count). The topological polar surface area (TPSA) is 78.0 Å². The number of hydrazine groups is 1. The lowest BCUT2D eigenvalue weighted by Gasteiger charge is -2.16. The molecule has 0 amide bonds. The molecule has 8 heteroatoms. The summed E-state index contributed by atoms with van der Waals surface area (Å²) in [5.74, 6) is 6.48. The number of nitrogens with zero attached hydrogens (tertiary/aromatic N) is 3. The molecule has 1 atom stereocenters. The van der Waals surface area contributed by atoms with Gasteiger partial charge >= 0.3 is 6.61 Å². The van der Waals surface area contributed by atoms with Crippen LogP contribution in [0.5, 0.6) is 5.75 Å². The van der Waals surface area contributed by atoms with Gasteiger partial charge in [-0.25, -0.2) is 4.98 Å². The van der Waals surface area contributed by atoms with Crippen LogP contribution in [-0.4, -0.2) is 21.4 Å². The maximum atomic E-state index is 12.1. The molecule has 21 heavy (non-hydrogen) atoms. The Labute approximate surface area is 120 Å². The zero-order valence-corrected chi connectivity index (χ0v) is 11.5. The average molecular weight is 297 g/mol. The average Bonchev–Trinajstić information content (AvgIpc) is 2.92. The van der Waals surface area contributed by atoms with Crippen molar-refractivity contribution >= 4 is 0 Å². The van der Waals surface area contributed by atoms with Gasteiger partial charge in [0.05, 0.1) is 6.04 Å². The molecule has 1 heterocycles. The number of hydrogen-bond acceptors (Lipinski definition) is 5. The minimum Gasteiger partial charge on any atom is -0.435 e. The van der Waals surface area contributed by atoms with Crippen LogP contribution in [0.4, 0.5) is 8.78 Å². The van der Waals surface area contributed by atoms with E-state index in [1.165, 1.54) is 18.5 Å². The van der Waals surface area contributed by atoms with Gasteiger partial charge in [0.15, 0.2) is 0 Å². The van der Waals surface area contributed by atoms with Crippen molar-refractivity contribution in [3.63, 3.8) is 0 Å². The van der Waals surface area contributed by atoms with Gasteiger partial charge in [-0.15, -0.1) is 0 Å². The molecule has 2 aromatic rings. The first-order chi connectivity index (χ1) is 10.1. The number of aromatic nitrogens is 3. The zero-order chi connectivity index (χ0) is 15.2. The number of alkyl halides is 2. The molecule has 0 spiro atoms. The molecule has 0 aliphatic carbocycles. The number of benzene rings is 1. The Balaban J connectivity index is 2.10. The van der Waals surface area contributed by atoms with Crippen LogP contribution in [0, 0.1) is 0 Å². The van der Waals surface area contributed by atoms with E-state index in [2.05, 4.69) is 20.2 Å². The molecule has 1 aromatic heterocycles. The van der Waals surface area contributed by atoms with Gasteiger partial charge in [0.1, 0.15) is 17.9 Å². The highest BCUT2D eigenvalue weighted by atomic mass is 19.3. The van der Waals surface area contributed by atoms with Crippen molar-refractivity contribution in [1.29, 1.82) is 0 Å². The number of nitrogens with one attached hydrogen (secondary N) is 1. The third-order valence-electron chi connectivity index (χ3n) is 3.09. The van der Waals surface area contributed by atoms with Crippen LogP contribution < -0.4 is 16.0 Å². The van der Waals surface area contributed by atoms with E-state index in [1.54, 1.807) is 16.8 Å². The lowest BCUT2D eigenvalue weighted by molar-refractivity contribution is -0.0498. The minimum atomic E-state index is -2.83. The lowest BCUT2D eigenvalue weighted by atomic mass is 10.0. The van der Waals surface area contributed by atoms with Crippen molar-refractivity contribution in [1.82, 2.24) is 20.2 Å². The first-order valence-corrected chi connectivity index (χ1v) is 6.51.